The van der Waals surface area contributed by atoms with E-state index in [1.54, 1.807) is 10.7 Å². The first-order chi connectivity index (χ1) is 6.81. The molecule has 2 heterocycles. The monoisotopic (exact) mass is 256 g/mol. The number of rotatable bonds is 3. The maximum Gasteiger partial charge on any atom is 0.171 e. The number of aromatic nitrogens is 3. The van der Waals surface area contributed by atoms with Crippen molar-refractivity contribution in [3.05, 3.63) is 22.9 Å². The van der Waals surface area contributed by atoms with Gasteiger partial charge in [-0.15, -0.1) is 0 Å². The molecule has 0 aliphatic carbocycles. The zero-order valence-corrected chi connectivity index (χ0v) is 8.90. The molecule has 0 amide bonds. The molecule has 2 N–H and O–H groups in total. The van der Waals surface area contributed by atoms with Crippen LogP contribution in [0, 0.1) is 0 Å². The number of hydrogen-bond acceptors (Lipinski definition) is 4. The van der Waals surface area contributed by atoms with Gasteiger partial charge in [-0.25, -0.2) is 9.50 Å². The van der Waals surface area contributed by atoms with E-state index in [9.17, 15) is 0 Å². The highest BCUT2D eigenvalue weighted by molar-refractivity contribution is 9.10. The summed E-state index contributed by atoms with van der Waals surface area (Å²) < 4.78 is 2.53. The van der Waals surface area contributed by atoms with E-state index in [1.807, 2.05) is 12.3 Å². The number of hydrogen-bond donors (Lipinski definition) is 2. The van der Waals surface area contributed by atoms with Crippen LogP contribution in [0.15, 0.2) is 22.9 Å². The van der Waals surface area contributed by atoms with Gasteiger partial charge in [0.15, 0.2) is 5.65 Å². The van der Waals surface area contributed by atoms with Gasteiger partial charge in [0.2, 0.25) is 0 Å². The van der Waals surface area contributed by atoms with Crippen LogP contribution in [0.1, 0.15) is 0 Å². The lowest BCUT2D eigenvalue weighted by Crippen LogP contribution is -2.07. The molecule has 2 aromatic heterocycles. The van der Waals surface area contributed by atoms with Crippen LogP contribution in [0.2, 0.25) is 0 Å². The van der Waals surface area contributed by atoms with E-state index in [1.165, 1.54) is 0 Å². The molecule has 2 rings (SSSR count). The fourth-order valence-corrected chi connectivity index (χ4v) is 1.49. The molecule has 14 heavy (non-hydrogen) atoms. The molecule has 0 aliphatic heterocycles. The Bertz CT molecular complexity index is 442. The van der Waals surface area contributed by atoms with E-state index in [2.05, 4.69) is 31.3 Å². The lowest BCUT2D eigenvalue weighted by molar-refractivity contribution is 0.311. The van der Waals surface area contributed by atoms with E-state index in [4.69, 9.17) is 5.11 Å². The Morgan fingerprint density at radius 3 is 3.21 bits per heavy atom. The topological polar surface area (TPSA) is 62.5 Å². The van der Waals surface area contributed by atoms with Crippen LogP contribution in [0.25, 0.3) is 5.65 Å². The first-order valence-electron chi connectivity index (χ1n) is 4.16. The molecular formula is C8H9BrN4O. The van der Waals surface area contributed by atoms with Crippen LogP contribution >= 0.6 is 15.9 Å². The zero-order chi connectivity index (χ0) is 9.97. The summed E-state index contributed by atoms with van der Waals surface area (Å²) >= 11 is 3.35. The summed E-state index contributed by atoms with van der Waals surface area (Å²) in [7, 11) is 0. The van der Waals surface area contributed by atoms with Gasteiger partial charge in [-0.3, -0.25) is 0 Å². The number of aliphatic hydroxyl groups is 1. The number of fused-ring (bicyclic) bond motifs is 1. The van der Waals surface area contributed by atoms with Crippen molar-refractivity contribution < 1.29 is 5.11 Å². The lowest BCUT2D eigenvalue weighted by atomic mass is 10.5. The SMILES string of the molecule is OCCNc1ccn2ncc(Br)c2n1. The Balaban J connectivity index is 2.34. The molecule has 6 heteroatoms. The van der Waals surface area contributed by atoms with E-state index < -0.39 is 0 Å². The van der Waals surface area contributed by atoms with Gasteiger partial charge in [0, 0.05) is 12.7 Å². The predicted octanol–water partition coefficient (Wildman–Crippen LogP) is 0.896. The Hall–Kier alpha value is -1.14. The minimum Gasteiger partial charge on any atom is -0.395 e. The second-order valence-electron chi connectivity index (χ2n) is 2.72. The van der Waals surface area contributed by atoms with Crippen molar-refractivity contribution in [1.29, 1.82) is 0 Å². The second-order valence-corrected chi connectivity index (χ2v) is 3.58. The van der Waals surface area contributed by atoms with Gasteiger partial charge in [0.05, 0.1) is 17.3 Å². The molecule has 5 nitrogen and oxygen atoms in total. The molecule has 0 atom stereocenters. The molecule has 0 aromatic carbocycles. The highest BCUT2D eigenvalue weighted by Gasteiger charge is 2.02. The summed E-state index contributed by atoms with van der Waals surface area (Å²) in [6, 6.07) is 1.81. The molecule has 0 fully saturated rings. The molecule has 0 aliphatic rings. The van der Waals surface area contributed by atoms with Crippen LogP contribution in [-0.4, -0.2) is 32.9 Å². The fourth-order valence-electron chi connectivity index (χ4n) is 1.12. The standard InChI is InChI=1S/C8H9BrN4O/c9-6-5-11-13-3-1-7(10-2-4-14)12-8(6)13/h1,3,5,14H,2,4H2,(H,10,12). The lowest BCUT2D eigenvalue weighted by Gasteiger charge is -2.02. The van der Waals surface area contributed by atoms with Crippen molar-refractivity contribution in [2.75, 3.05) is 18.5 Å². The Labute approximate surface area is 88.9 Å². The van der Waals surface area contributed by atoms with E-state index in [0.29, 0.717) is 6.54 Å². The Morgan fingerprint density at radius 2 is 2.43 bits per heavy atom. The molecule has 74 valence electrons. The number of nitrogens with one attached hydrogen (secondary N) is 1. The molecule has 0 bridgehead atoms. The van der Waals surface area contributed by atoms with Gasteiger partial charge in [-0.1, -0.05) is 0 Å². The average molecular weight is 257 g/mol. The third kappa shape index (κ3) is 1.71. The molecule has 0 saturated heterocycles. The highest BCUT2D eigenvalue weighted by atomic mass is 79.9. The van der Waals surface area contributed by atoms with Gasteiger partial charge >= 0.3 is 0 Å². The fraction of sp³-hybridized carbons (Fsp3) is 0.250. The summed E-state index contributed by atoms with van der Waals surface area (Å²) in [5, 5.41) is 15.7. The number of aliphatic hydroxyl groups excluding tert-OH is 1. The normalized spacial score (nSPS) is 10.7. The Kier molecular flexibility index (Phi) is 2.64. The van der Waals surface area contributed by atoms with E-state index >= 15 is 0 Å². The smallest absolute Gasteiger partial charge is 0.171 e. The minimum absolute atomic E-state index is 0.0906. The third-order valence-corrected chi connectivity index (χ3v) is 2.30. The summed E-state index contributed by atoms with van der Waals surface area (Å²) in [4.78, 5) is 4.30. The van der Waals surface area contributed by atoms with Crippen molar-refractivity contribution in [1.82, 2.24) is 14.6 Å². The maximum atomic E-state index is 8.64. The zero-order valence-electron chi connectivity index (χ0n) is 7.31. The van der Waals surface area contributed by atoms with Gasteiger partial charge < -0.3 is 10.4 Å². The molecule has 0 radical (unpaired) electrons. The van der Waals surface area contributed by atoms with Crippen molar-refractivity contribution in [2.45, 2.75) is 0 Å². The highest BCUT2D eigenvalue weighted by Crippen LogP contribution is 2.16. The maximum absolute atomic E-state index is 8.64. The average Bonchev–Trinajstić information content (AvgIpc) is 2.57. The second kappa shape index (κ2) is 3.93. The molecule has 0 saturated carbocycles. The first kappa shape index (κ1) is 9.42. The molecule has 2 aromatic rings. The number of nitrogens with zero attached hydrogens (tertiary/aromatic N) is 3. The van der Waals surface area contributed by atoms with Gasteiger partial charge in [-0.05, 0) is 22.0 Å². The van der Waals surface area contributed by atoms with Gasteiger partial charge in [0.1, 0.15) is 5.82 Å². The summed E-state index contributed by atoms with van der Waals surface area (Å²) in [5.41, 5.74) is 0.757. The van der Waals surface area contributed by atoms with Gasteiger partial charge in [0.25, 0.3) is 0 Å². The summed E-state index contributed by atoms with van der Waals surface area (Å²) in [6.07, 6.45) is 3.50. The molecular weight excluding hydrogens is 248 g/mol. The van der Waals surface area contributed by atoms with Crippen LogP contribution in [0.3, 0.4) is 0 Å². The summed E-state index contributed by atoms with van der Waals surface area (Å²) in [5.74, 6) is 0.729. The summed E-state index contributed by atoms with van der Waals surface area (Å²) in [6.45, 7) is 0.586. The van der Waals surface area contributed by atoms with E-state index in [-0.39, 0.29) is 6.61 Å². The quantitative estimate of drug-likeness (QED) is 0.857. The van der Waals surface area contributed by atoms with Crippen LogP contribution < -0.4 is 5.32 Å². The van der Waals surface area contributed by atoms with Crippen LogP contribution in [0.5, 0.6) is 0 Å². The van der Waals surface area contributed by atoms with Crippen LogP contribution in [-0.2, 0) is 0 Å². The largest absolute Gasteiger partial charge is 0.395 e. The van der Waals surface area contributed by atoms with Gasteiger partial charge in [-0.2, -0.15) is 5.10 Å². The molecule has 0 unspecified atom stereocenters. The number of halogens is 1. The van der Waals surface area contributed by atoms with Crippen molar-refractivity contribution in [3.8, 4) is 0 Å². The first-order valence-corrected chi connectivity index (χ1v) is 4.95. The third-order valence-electron chi connectivity index (χ3n) is 1.74. The number of anilines is 1. The van der Waals surface area contributed by atoms with Crippen molar-refractivity contribution >= 4 is 27.4 Å². The van der Waals surface area contributed by atoms with E-state index in [0.717, 1.165) is 15.9 Å². The Morgan fingerprint density at radius 1 is 1.57 bits per heavy atom. The minimum atomic E-state index is 0.0906. The van der Waals surface area contributed by atoms with Crippen molar-refractivity contribution in [3.63, 3.8) is 0 Å². The van der Waals surface area contributed by atoms with Crippen molar-refractivity contribution in [2.24, 2.45) is 0 Å². The molecule has 0 spiro atoms. The predicted molar refractivity (Wildman–Crippen MR) is 56.3 cm³/mol. The van der Waals surface area contributed by atoms with Crippen LogP contribution in [0.4, 0.5) is 5.82 Å².